The lowest BCUT2D eigenvalue weighted by molar-refractivity contribution is -0.0497. The van der Waals surface area contributed by atoms with Crippen LogP contribution < -0.4 is 5.56 Å². The summed E-state index contributed by atoms with van der Waals surface area (Å²) in [6.45, 7) is 9.67. The molecule has 0 bridgehead atoms. The van der Waals surface area contributed by atoms with Gasteiger partial charge in [0, 0.05) is 18.4 Å². The Morgan fingerprint density at radius 3 is 2.64 bits per heavy atom. The first kappa shape index (κ1) is 15.2. The van der Waals surface area contributed by atoms with Crippen LogP contribution in [0.3, 0.4) is 0 Å². The van der Waals surface area contributed by atoms with Crippen molar-refractivity contribution in [1.29, 1.82) is 0 Å². The fraction of sp³-hybridized carbons (Fsp3) is 0.667. The molecule has 1 aliphatic heterocycles. The molecule has 1 saturated heterocycles. The third-order valence-corrected chi connectivity index (χ3v) is 3.77. The van der Waals surface area contributed by atoms with Crippen LogP contribution >= 0.6 is 0 Å². The van der Waals surface area contributed by atoms with Crippen LogP contribution in [-0.2, 0) is 21.6 Å². The fourth-order valence-electron chi connectivity index (χ4n) is 2.68. The Kier molecular flexibility index (Phi) is 3.78. The molecule has 0 unspecified atom stereocenters. The van der Waals surface area contributed by atoms with E-state index in [0.29, 0.717) is 31.7 Å². The number of ether oxygens (including phenoxy) is 2. The standard InChI is InChI=1S/C15H22N4O3/c1-10-11-9-16-19(15(2,3)4)13(11)14(20)18(17-10)6-5-12-21-7-8-22-12/h9,12H,5-8H2,1-4H3. The summed E-state index contributed by atoms with van der Waals surface area (Å²) in [6.07, 6.45) is 2.09. The number of hydrogen-bond acceptors (Lipinski definition) is 5. The van der Waals surface area contributed by atoms with Gasteiger partial charge in [-0.25, -0.2) is 4.68 Å². The molecule has 1 fully saturated rings. The molecule has 7 nitrogen and oxygen atoms in total. The molecule has 1 aliphatic rings. The van der Waals surface area contributed by atoms with Crippen molar-refractivity contribution in [2.75, 3.05) is 13.2 Å². The van der Waals surface area contributed by atoms with Crippen LogP contribution in [0.4, 0.5) is 0 Å². The van der Waals surface area contributed by atoms with Gasteiger partial charge in [-0.3, -0.25) is 9.48 Å². The van der Waals surface area contributed by atoms with Gasteiger partial charge in [0.25, 0.3) is 5.56 Å². The van der Waals surface area contributed by atoms with Crippen molar-refractivity contribution in [3.05, 3.63) is 22.2 Å². The lowest BCUT2D eigenvalue weighted by Crippen LogP contribution is -2.31. The number of rotatable bonds is 3. The number of hydrogen-bond donors (Lipinski definition) is 0. The number of aryl methyl sites for hydroxylation is 2. The minimum absolute atomic E-state index is 0.119. The molecule has 0 saturated carbocycles. The fourth-order valence-corrected chi connectivity index (χ4v) is 2.68. The van der Waals surface area contributed by atoms with Crippen molar-refractivity contribution in [1.82, 2.24) is 19.6 Å². The van der Waals surface area contributed by atoms with Crippen molar-refractivity contribution in [3.8, 4) is 0 Å². The van der Waals surface area contributed by atoms with Gasteiger partial charge in [-0.1, -0.05) is 0 Å². The zero-order valence-corrected chi connectivity index (χ0v) is 13.5. The zero-order chi connectivity index (χ0) is 15.9. The molecule has 3 heterocycles. The van der Waals surface area contributed by atoms with Gasteiger partial charge in [0.1, 0.15) is 5.52 Å². The lowest BCUT2D eigenvalue weighted by atomic mass is 10.1. The molecule has 0 aliphatic carbocycles. The van der Waals surface area contributed by atoms with Gasteiger partial charge in [-0.2, -0.15) is 10.2 Å². The van der Waals surface area contributed by atoms with E-state index in [1.807, 2.05) is 27.7 Å². The largest absolute Gasteiger partial charge is 0.350 e. The highest BCUT2D eigenvalue weighted by Crippen LogP contribution is 2.20. The molecular formula is C15H22N4O3. The van der Waals surface area contributed by atoms with Crippen LogP contribution in [0.5, 0.6) is 0 Å². The second-order valence-electron chi connectivity index (χ2n) is 6.56. The van der Waals surface area contributed by atoms with E-state index in [1.54, 1.807) is 10.9 Å². The van der Waals surface area contributed by atoms with Gasteiger partial charge in [0.15, 0.2) is 6.29 Å². The predicted molar refractivity (Wildman–Crippen MR) is 81.8 cm³/mol. The molecule has 22 heavy (non-hydrogen) atoms. The van der Waals surface area contributed by atoms with Crippen LogP contribution in [0, 0.1) is 6.92 Å². The third kappa shape index (κ3) is 2.66. The summed E-state index contributed by atoms with van der Waals surface area (Å²) in [5.41, 5.74) is 1.03. The average Bonchev–Trinajstić information content (AvgIpc) is 3.08. The molecule has 0 amide bonds. The van der Waals surface area contributed by atoms with E-state index >= 15 is 0 Å². The highest BCUT2D eigenvalue weighted by molar-refractivity contribution is 5.79. The predicted octanol–water partition coefficient (Wildman–Crippen LogP) is 1.42. The molecule has 2 aromatic heterocycles. The first-order chi connectivity index (χ1) is 10.4. The van der Waals surface area contributed by atoms with Gasteiger partial charge in [-0.05, 0) is 27.7 Å². The Hall–Kier alpha value is -1.73. The quantitative estimate of drug-likeness (QED) is 0.857. The maximum Gasteiger partial charge on any atom is 0.292 e. The second-order valence-corrected chi connectivity index (χ2v) is 6.56. The Balaban J connectivity index is 2.00. The molecule has 7 heteroatoms. The first-order valence-electron chi connectivity index (χ1n) is 7.57. The van der Waals surface area contributed by atoms with Crippen LogP contribution in [0.15, 0.2) is 11.0 Å². The third-order valence-electron chi connectivity index (χ3n) is 3.77. The topological polar surface area (TPSA) is 71.2 Å². The van der Waals surface area contributed by atoms with Gasteiger partial charge in [0.2, 0.25) is 0 Å². The maximum atomic E-state index is 12.8. The number of fused-ring (bicyclic) bond motifs is 1. The summed E-state index contributed by atoms with van der Waals surface area (Å²) in [5, 5.41) is 9.59. The zero-order valence-electron chi connectivity index (χ0n) is 13.5. The van der Waals surface area contributed by atoms with Crippen molar-refractivity contribution in [2.45, 2.75) is 52.5 Å². The van der Waals surface area contributed by atoms with E-state index in [2.05, 4.69) is 10.2 Å². The Morgan fingerprint density at radius 2 is 2.00 bits per heavy atom. The summed E-state index contributed by atoms with van der Waals surface area (Å²) >= 11 is 0. The van der Waals surface area contributed by atoms with Gasteiger partial charge in [-0.15, -0.1) is 0 Å². The monoisotopic (exact) mass is 306 g/mol. The normalized spacial score (nSPS) is 16.7. The van der Waals surface area contributed by atoms with E-state index in [1.165, 1.54) is 4.68 Å². The Bertz CT molecular complexity index is 736. The van der Waals surface area contributed by atoms with Crippen LogP contribution in [0.25, 0.3) is 10.9 Å². The molecular weight excluding hydrogens is 284 g/mol. The smallest absolute Gasteiger partial charge is 0.292 e. The van der Waals surface area contributed by atoms with E-state index in [0.717, 1.165) is 11.1 Å². The first-order valence-corrected chi connectivity index (χ1v) is 7.57. The lowest BCUT2D eigenvalue weighted by Gasteiger charge is -2.20. The molecule has 0 N–H and O–H groups in total. The Labute approximate surface area is 128 Å². The molecule has 0 atom stereocenters. The summed E-state index contributed by atoms with van der Waals surface area (Å²) in [4.78, 5) is 12.8. The Morgan fingerprint density at radius 1 is 1.32 bits per heavy atom. The molecule has 3 rings (SSSR count). The van der Waals surface area contributed by atoms with Crippen molar-refractivity contribution in [3.63, 3.8) is 0 Å². The maximum absolute atomic E-state index is 12.8. The van der Waals surface area contributed by atoms with Crippen molar-refractivity contribution >= 4 is 10.9 Å². The molecule has 0 aromatic carbocycles. The highest BCUT2D eigenvalue weighted by Gasteiger charge is 2.22. The summed E-state index contributed by atoms with van der Waals surface area (Å²) < 4.78 is 14.1. The van der Waals surface area contributed by atoms with E-state index in [4.69, 9.17) is 9.47 Å². The number of nitrogens with zero attached hydrogens (tertiary/aromatic N) is 4. The van der Waals surface area contributed by atoms with Crippen molar-refractivity contribution in [2.24, 2.45) is 0 Å². The number of aromatic nitrogens is 4. The molecule has 2 aromatic rings. The van der Waals surface area contributed by atoms with Crippen molar-refractivity contribution < 1.29 is 9.47 Å². The summed E-state index contributed by atoms with van der Waals surface area (Å²) in [5.74, 6) is 0. The average molecular weight is 306 g/mol. The van der Waals surface area contributed by atoms with Gasteiger partial charge >= 0.3 is 0 Å². The molecule has 120 valence electrons. The van der Waals surface area contributed by atoms with Gasteiger partial charge < -0.3 is 9.47 Å². The highest BCUT2D eigenvalue weighted by atomic mass is 16.7. The van der Waals surface area contributed by atoms with E-state index < -0.39 is 0 Å². The van der Waals surface area contributed by atoms with E-state index in [-0.39, 0.29) is 17.4 Å². The second kappa shape index (κ2) is 5.48. The minimum atomic E-state index is -0.260. The van der Waals surface area contributed by atoms with Gasteiger partial charge in [0.05, 0.1) is 30.6 Å². The molecule has 0 spiro atoms. The SMILES string of the molecule is Cc1nn(CCC2OCCO2)c(=O)c2c1cnn2C(C)(C)C. The van der Waals surface area contributed by atoms with Crippen LogP contribution in [0.1, 0.15) is 32.9 Å². The van der Waals surface area contributed by atoms with Crippen LogP contribution in [0.2, 0.25) is 0 Å². The minimum Gasteiger partial charge on any atom is -0.350 e. The summed E-state index contributed by atoms with van der Waals surface area (Å²) in [7, 11) is 0. The summed E-state index contributed by atoms with van der Waals surface area (Å²) in [6, 6.07) is 0. The molecule has 0 radical (unpaired) electrons. The van der Waals surface area contributed by atoms with Crippen LogP contribution in [-0.4, -0.2) is 39.1 Å². The van der Waals surface area contributed by atoms with E-state index in [9.17, 15) is 4.79 Å².